The monoisotopic (exact) mass is 1210 g/mol. The first-order chi connectivity index (χ1) is 39.2. The van der Waals surface area contributed by atoms with E-state index in [1.54, 1.807) is 10.1 Å². The van der Waals surface area contributed by atoms with E-state index in [1.165, 1.54) is 17.9 Å². The van der Waals surface area contributed by atoms with Gasteiger partial charge in [0, 0.05) is 144 Å². The SMILES string of the molecule is C1CCOC1.CC(C)(C)[Si](C)(C)OC(CN)CN.CC(C)(C)[Si](C)(C)OC(CNC1CC2(CCOCC2)N(O)C2(CCOCC2)C1)CNC1CC2(CCOCC2)N(O)C2(CCOCC2)C1.O=C1CC2(CCOCC2)N(O)C2(CCOCC2)C1. The number of nitrogens with one attached hydrogen (secondary N) is 2. The molecule has 0 bridgehead atoms. The van der Waals surface area contributed by atoms with Gasteiger partial charge in [-0.1, -0.05) is 41.5 Å². The van der Waals surface area contributed by atoms with Crippen molar-refractivity contribution in [2.75, 3.05) is 119 Å². The van der Waals surface area contributed by atoms with Crippen LogP contribution >= 0.6 is 0 Å². The molecule has 0 aromatic carbocycles. The maximum Gasteiger partial charge on any atom is 0.192 e. The van der Waals surface area contributed by atoms with E-state index in [1.807, 2.05) is 0 Å². The van der Waals surface area contributed by atoms with Crippen LogP contribution in [0.3, 0.4) is 0 Å². The third kappa shape index (κ3) is 17.2. The van der Waals surface area contributed by atoms with Gasteiger partial charge in [-0.3, -0.25) is 4.79 Å². The van der Waals surface area contributed by atoms with E-state index >= 15 is 0 Å². The van der Waals surface area contributed by atoms with Crippen molar-refractivity contribution in [2.24, 2.45) is 11.5 Å². The van der Waals surface area contributed by atoms with Gasteiger partial charge in [-0.2, -0.15) is 15.2 Å². The number of ether oxygens (including phenoxy) is 7. The molecule has 0 amide bonds. The molecule has 20 nitrogen and oxygen atoms in total. The molecule has 10 saturated heterocycles. The number of rotatable bonds is 12. The second kappa shape index (κ2) is 30.0. The molecule has 22 heteroatoms. The highest BCUT2D eigenvalue weighted by molar-refractivity contribution is 6.74. The Morgan fingerprint density at radius 2 is 0.699 bits per heavy atom. The third-order valence-electron chi connectivity index (χ3n) is 22.0. The van der Waals surface area contributed by atoms with Crippen molar-refractivity contribution < 1.29 is 62.4 Å². The number of hydrogen-bond acceptors (Lipinski definition) is 20. The van der Waals surface area contributed by atoms with E-state index in [0.29, 0.717) is 105 Å². The lowest BCUT2D eigenvalue weighted by atomic mass is 9.69. The van der Waals surface area contributed by atoms with Crippen molar-refractivity contribution in [1.29, 1.82) is 0 Å². The molecule has 10 heterocycles. The van der Waals surface area contributed by atoms with Crippen LogP contribution in [0.25, 0.3) is 0 Å². The van der Waals surface area contributed by atoms with Crippen LogP contribution in [0, 0.1) is 0 Å². The average Bonchev–Trinajstić information content (AvgIpc) is 4.28. The molecular weight excluding hydrogens is 1090 g/mol. The Morgan fingerprint density at radius 3 is 0.940 bits per heavy atom. The first-order valence-corrected chi connectivity index (χ1v) is 38.3. The predicted octanol–water partition coefficient (Wildman–Crippen LogP) is 7.69. The Hall–Kier alpha value is -0.656. The van der Waals surface area contributed by atoms with Gasteiger partial charge in [0.05, 0.1) is 45.4 Å². The van der Waals surface area contributed by atoms with Crippen LogP contribution in [-0.2, 0) is 46.8 Å². The summed E-state index contributed by atoms with van der Waals surface area (Å²) in [6, 6.07) is 0.572. The van der Waals surface area contributed by atoms with Gasteiger partial charge in [0.2, 0.25) is 0 Å². The van der Waals surface area contributed by atoms with Crippen LogP contribution < -0.4 is 22.1 Å². The Morgan fingerprint density at radius 1 is 0.458 bits per heavy atom. The van der Waals surface area contributed by atoms with Crippen molar-refractivity contribution in [1.82, 2.24) is 25.8 Å². The number of piperidine rings is 3. The highest BCUT2D eigenvalue weighted by atomic mass is 28.4. The Balaban J connectivity index is 0.000000221. The normalized spacial score (nSPS) is 28.8. The van der Waals surface area contributed by atoms with Crippen molar-refractivity contribution in [3.63, 3.8) is 0 Å². The lowest BCUT2D eigenvalue weighted by Crippen LogP contribution is -2.70. The van der Waals surface area contributed by atoms with Crippen LogP contribution in [0.1, 0.15) is 170 Å². The maximum atomic E-state index is 12.1. The molecule has 0 unspecified atom stereocenters. The molecule has 10 aliphatic rings. The molecule has 10 fully saturated rings. The lowest BCUT2D eigenvalue weighted by molar-refractivity contribution is -0.295. The fraction of sp³-hybridized carbons (Fsp3) is 0.984. The van der Waals surface area contributed by atoms with Gasteiger partial charge < -0.3 is 79.7 Å². The highest BCUT2D eigenvalue weighted by Gasteiger charge is 2.58. The molecule has 0 saturated carbocycles. The van der Waals surface area contributed by atoms with Crippen LogP contribution in [0.2, 0.25) is 36.3 Å². The smallest absolute Gasteiger partial charge is 0.192 e. The summed E-state index contributed by atoms with van der Waals surface area (Å²) in [5.41, 5.74) is 9.31. The maximum absolute atomic E-state index is 12.1. The molecule has 6 spiro atoms. The summed E-state index contributed by atoms with van der Waals surface area (Å²) in [5, 5.41) is 47.8. The van der Waals surface area contributed by atoms with Crippen LogP contribution in [0.15, 0.2) is 0 Å². The minimum atomic E-state index is -2.06. The standard InChI is InChI=1S/C35H66N4O7Si.C13H21NO4.C9H24N2OSi.C4H8O/c1-31(2,3)47(4,5)46-30(26-36-28-22-32(6-14-42-15-7-32)38(40)33(23-28)8-16-43-17-9-33)27-37-29-24-34(10-18-44-19-11-34)39(41)35(25-29)12-20-45-21-13-35;15-11-9-12(1-5-17-6-2-12)14(16)13(10-11)3-7-18-8-4-13;1-9(2,3)13(4,5)12-8(6-10)7-11;1-2-4-5-3-1/h28-30,36-37,40-41H,6-27H2,1-5H3;16H,1-10H2;8H,6-7,10-11H2,1-5H3;1-4H2. The number of carbonyl (C=O) groups is 1. The highest BCUT2D eigenvalue weighted by Crippen LogP contribution is 2.50. The van der Waals surface area contributed by atoms with Crippen molar-refractivity contribution in [2.45, 2.75) is 264 Å². The summed E-state index contributed by atoms with van der Waals surface area (Å²) in [4.78, 5) is 12.1. The van der Waals surface area contributed by atoms with Crippen molar-refractivity contribution >= 4 is 22.4 Å². The quantitative estimate of drug-likeness (QED) is 0.0926. The summed E-state index contributed by atoms with van der Waals surface area (Å²) in [6.45, 7) is 35.4. The topological polar surface area (TPSA) is 247 Å². The Labute approximate surface area is 502 Å². The molecule has 484 valence electrons. The van der Waals surface area contributed by atoms with Gasteiger partial charge in [-0.05, 0) is 152 Å². The van der Waals surface area contributed by atoms with E-state index in [4.69, 9.17) is 53.5 Å². The minimum Gasteiger partial charge on any atom is -0.411 e. The first kappa shape index (κ1) is 69.8. The van der Waals surface area contributed by atoms with Gasteiger partial charge in [0.25, 0.3) is 0 Å². The fourth-order valence-electron chi connectivity index (χ4n) is 14.7. The molecule has 0 aliphatic carbocycles. The molecule has 0 aromatic rings. The lowest BCUT2D eigenvalue weighted by Gasteiger charge is -2.59. The van der Waals surface area contributed by atoms with E-state index in [0.717, 1.165) is 129 Å². The first-order valence-electron chi connectivity index (χ1n) is 32.5. The largest absolute Gasteiger partial charge is 0.411 e. The van der Waals surface area contributed by atoms with Gasteiger partial charge in [-0.15, -0.1) is 0 Å². The molecule has 0 aromatic heterocycles. The van der Waals surface area contributed by atoms with Crippen molar-refractivity contribution in [3.05, 3.63) is 0 Å². The van der Waals surface area contributed by atoms with Crippen LogP contribution in [-0.4, -0.2) is 229 Å². The molecule has 10 aliphatic heterocycles. The van der Waals surface area contributed by atoms with Crippen LogP contribution in [0.5, 0.6) is 0 Å². The zero-order valence-corrected chi connectivity index (χ0v) is 55.6. The van der Waals surface area contributed by atoms with Gasteiger partial charge in [0.15, 0.2) is 16.6 Å². The molecule has 0 atom stereocenters. The molecule has 10 rings (SSSR count). The summed E-state index contributed by atoms with van der Waals surface area (Å²) in [5.74, 6) is 0.282. The second-order valence-corrected chi connectivity index (χ2v) is 39.2. The summed E-state index contributed by atoms with van der Waals surface area (Å²) in [6.07, 6.45) is 17.1. The van der Waals surface area contributed by atoms with Gasteiger partial charge in [-0.25, -0.2) is 0 Å². The van der Waals surface area contributed by atoms with E-state index in [9.17, 15) is 20.4 Å². The third-order valence-corrected chi connectivity index (χ3v) is 31.0. The zero-order valence-electron chi connectivity index (χ0n) is 53.6. The summed E-state index contributed by atoms with van der Waals surface area (Å²) < 4.78 is 52.0. The summed E-state index contributed by atoms with van der Waals surface area (Å²) in [7, 11) is -3.73. The molecule has 0 radical (unpaired) electrons. The number of carbonyl (C=O) groups excluding carboxylic acids is 1. The van der Waals surface area contributed by atoms with E-state index < -0.39 is 16.6 Å². The minimum absolute atomic E-state index is 0.0164. The summed E-state index contributed by atoms with van der Waals surface area (Å²) >= 11 is 0. The van der Waals surface area contributed by atoms with E-state index in [-0.39, 0.29) is 73.4 Å². The van der Waals surface area contributed by atoms with Gasteiger partial charge >= 0.3 is 0 Å². The Bertz CT molecular complexity index is 1780. The number of nitrogens with zero attached hydrogens (tertiary/aromatic N) is 3. The molecule has 9 N–H and O–H groups in total. The number of Topliss-reactive ketones (excluding diaryl/α,β-unsaturated/α-hetero) is 1. The second-order valence-electron chi connectivity index (χ2n) is 29.7. The average molecular weight is 1210 g/mol. The van der Waals surface area contributed by atoms with Crippen LogP contribution in [0.4, 0.5) is 0 Å². The number of nitrogens with two attached hydrogens (primary N) is 2. The van der Waals surface area contributed by atoms with E-state index in [2.05, 4.69) is 78.4 Å². The van der Waals surface area contributed by atoms with Crippen molar-refractivity contribution in [3.8, 4) is 0 Å². The Kier molecular flexibility index (Phi) is 25.2. The number of hydroxylamine groups is 6. The molecular formula is C61H119N7O13Si2. The molecule has 83 heavy (non-hydrogen) atoms. The predicted molar refractivity (Wildman–Crippen MR) is 326 cm³/mol. The number of ketones is 1. The zero-order chi connectivity index (χ0) is 60.3. The van der Waals surface area contributed by atoms with Gasteiger partial charge in [0.1, 0.15) is 5.78 Å². The fourth-order valence-corrected chi connectivity index (χ4v) is 17.4. The number of hydrogen-bond donors (Lipinski definition) is 7.